The topological polar surface area (TPSA) is 108 Å². The zero-order valence-corrected chi connectivity index (χ0v) is 14.9. The van der Waals surface area contributed by atoms with Gasteiger partial charge >= 0.3 is 11.9 Å². The Morgan fingerprint density at radius 2 is 2.23 bits per heavy atom. The molecule has 1 unspecified atom stereocenters. The number of hydrogen-bond acceptors (Lipinski definition) is 7. The molecular formula is C18H23NO7. The Morgan fingerprint density at radius 3 is 2.92 bits per heavy atom. The van der Waals surface area contributed by atoms with Crippen LogP contribution in [-0.2, 0) is 23.8 Å². The highest BCUT2D eigenvalue weighted by Gasteiger charge is 2.73. The predicted molar refractivity (Wildman–Crippen MR) is 88.4 cm³/mol. The second-order valence-corrected chi connectivity index (χ2v) is 7.67. The molecular weight excluding hydrogens is 342 g/mol. The largest absolute Gasteiger partial charge is 0.632 e. The summed E-state index contributed by atoms with van der Waals surface area (Å²) in [7, 11) is 0. The Balaban J connectivity index is 1.69. The number of hydroxylamine groups is 3. The number of hydrogen-bond donors (Lipinski definition) is 1. The fourth-order valence-electron chi connectivity index (χ4n) is 4.49. The number of quaternary nitrogens is 1. The maximum atomic E-state index is 12.9. The van der Waals surface area contributed by atoms with Crippen molar-refractivity contribution in [3.63, 3.8) is 0 Å². The van der Waals surface area contributed by atoms with Crippen LogP contribution in [0.3, 0.4) is 0 Å². The number of esters is 2. The van der Waals surface area contributed by atoms with Gasteiger partial charge in [0.15, 0.2) is 17.7 Å². The summed E-state index contributed by atoms with van der Waals surface area (Å²) in [5.41, 5.74) is -1.52. The van der Waals surface area contributed by atoms with Crippen LogP contribution in [0.25, 0.3) is 0 Å². The minimum Gasteiger partial charge on any atom is -0.632 e. The van der Waals surface area contributed by atoms with Gasteiger partial charge in [0.05, 0.1) is 19.7 Å². The third-order valence-corrected chi connectivity index (χ3v) is 6.28. The van der Waals surface area contributed by atoms with Gasteiger partial charge in [0, 0.05) is 24.0 Å². The molecule has 0 amide bonds. The molecule has 5 atom stereocenters. The summed E-state index contributed by atoms with van der Waals surface area (Å²) in [6, 6.07) is -0.528. The number of aliphatic hydroxyl groups is 1. The average molecular weight is 365 g/mol. The molecule has 0 aliphatic carbocycles. The molecule has 0 aromatic rings. The molecule has 4 rings (SSSR count). The first-order valence-electron chi connectivity index (χ1n) is 8.90. The summed E-state index contributed by atoms with van der Waals surface area (Å²) in [4.78, 5) is 25.3. The highest BCUT2D eigenvalue weighted by molar-refractivity contribution is 5.90. The van der Waals surface area contributed by atoms with Gasteiger partial charge in [0.2, 0.25) is 0 Å². The first kappa shape index (κ1) is 17.7. The predicted octanol–water partition coefficient (Wildman–Crippen LogP) is 0.338. The number of allylic oxidation sites excluding steroid dienone is 1. The first-order valence-corrected chi connectivity index (χ1v) is 8.90. The van der Waals surface area contributed by atoms with E-state index in [1.165, 1.54) is 0 Å². The first-order chi connectivity index (χ1) is 12.3. The van der Waals surface area contributed by atoms with Crippen LogP contribution in [0.5, 0.6) is 0 Å². The number of aliphatic hydroxyl groups excluding tert-OH is 1. The van der Waals surface area contributed by atoms with E-state index in [-0.39, 0.29) is 19.6 Å². The van der Waals surface area contributed by atoms with E-state index in [4.69, 9.17) is 14.2 Å². The van der Waals surface area contributed by atoms with Gasteiger partial charge in [-0.05, 0) is 19.9 Å². The molecule has 142 valence electrons. The van der Waals surface area contributed by atoms with E-state index in [0.717, 1.165) is 0 Å². The van der Waals surface area contributed by atoms with Crippen LogP contribution in [0.2, 0.25) is 0 Å². The second-order valence-electron chi connectivity index (χ2n) is 7.67. The van der Waals surface area contributed by atoms with Gasteiger partial charge in [-0.25, -0.2) is 9.59 Å². The van der Waals surface area contributed by atoms with Gasteiger partial charge in [-0.15, -0.1) is 0 Å². The van der Waals surface area contributed by atoms with Gasteiger partial charge in [-0.2, -0.15) is 0 Å². The van der Waals surface area contributed by atoms with E-state index < -0.39 is 46.5 Å². The Morgan fingerprint density at radius 1 is 1.46 bits per heavy atom. The van der Waals surface area contributed by atoms with E-state index in [1.54, 1.807) is 26.0 Å². The number of rotatable bonds is 1. The van der Waals surface area contributed by atoms with Crippen molar-refractivity contribution < 1.29 is 33.6 Å². The van der Waals surface area contributed by atoms with Crippen molar-refractivity contribution in [3.05, 3.63) is 28.5 Å². The fraction of sp³-hybridized carbons (Fsp3) is 0.667. The number of cyclic esters (lactones) is 1. The summed E-state index contributed by atoms with van der Waals surface area (Å²) >= 11 is 0. The highest BCUT2D eigenvalue weighted by atomic mass is 16.7. The Hall–Kier alpha value is -1.74. The molecule has 4 aliphatic heterocycles. The molecule has 26 heavy (non-hydrogen) atoms. The number of carbonyl (C=O) groups is 2. The van der Waals surface area contributed by atoms with Crippen molar-refractivity contribution in [2.24, 2.45) is 0 Å². The Kier molecular flexibility index (Phi) is 3.82. The average Bonchev–Trinajstić information content (AvgIpc) is 2.89. The molecule has 0 aromatic carbocycles. The van der Waals surface area contributed by atoms with Gasteiger partial charge in [-0.3, -0.25) is 0 Å². The summed E-state index contributed by atoms with van der Waals surface area (Å²) in [5.74, 6) is -1.13. The lowest BCUT2D eigenvalue weighted by Crippen LogP contribution is -2.48. The van der Waals surface area contributed by atoms with Gasteiger partial charge in [0.25, 0.3) is 0 Å². The lowest BCUT2D eigenvalue weighted by Gasteiger charge is -2.40. The number of epoxide rings is 1. The standard InChI is InChI=1S/C18H23NO7/c1-3-11-8-18(10-20)17(2,26-18)16(22)24-9-12-4-6-19(23)7-5-13(14(12)19)25-15(11)21/h3-4,13-14,20H,5-10H2,1-2H3/b11-3-/t13-,14-,17+,18+,19?/m1/s1. The zero-order chi connectivity index (χ0) is 18.7. The molecule has 0 aromatic heterocycles. The third kappa shape index (κ3) is 2.29. The maximum Gasteiger partial charge on any atom is 0.341 e. The summed E-state index contributed by atoms with van der Waals surface area (Å²) in [6.45, 7) is 3.44. The molecule has 0 bridgehead atoms. The van der Waals surface area contributed by atoms with E-state index >= 15 is 0 Å². The quantitative estimate of drug-likeness (QED) is 0.178. The van der Waals surface area contributed by atoms with Gasteiger partial charge in [-0.1, -0.05) is 6.08 Å². The van der Waals surface area contributed by atoms with Crippen molar-refractivity contribution >= 4 is 11.9 Å². The van der Waals surface area contributed by atoms with Crippen LogP contribution in [0.4, 0.5) is 0 Å². The fourth-order valence-corrected chi connectivity index (χ4v) is 4.49. The third-order valence-electron chi connectivity index (χ3n) is 6.28. The minimum atomic E-state index is -1.33. The van der Waals surface area contributed by atoms with Crippen molar-refractivity contribution in [3.8, 4) is 0 Å². The monoisotopic (exact) mass is 365 g/mol. The van der Waals surface area contributed by atoms with Gasteiger partial charge in [0.1, 0.15) is 12.2 Å². The lowest BCUT2D eigenvalue weighted by atomic mass is 9.88. The van der Waals surface area contributed by atoms with E-state index in [1.807, 2.05) is 0 Å². The van der Waals surface area contributed by atoms with Crippen LogP contribution in [-0.4, -0.2) is 71.3 Å². The van der Waals surface area contributed by atoms with E-state index in [2.05, 4.69) is 0 Å². The van der Waals surface area contributed by atoms with Crippen molar-refractivity contribution in [2.45, 2.75) is 50.0 Å². The van der Waals surface area contributed by atoms with E-state index in [9.17, 15) is 19.9 Å². The molecule has 0 radical (unpaired) electrons. The zero-order valence-electron chi connectivity index (χ0n) is 14.9. The molecule has 3 saturated heterocycles. The molecule has 8 heteroatoms. The lowest BCUT2D eigenvalue weighted by molar-refractivity contribution is -0.877. The Bertz CT molecular complexity index is 731. The number of nitrogens with zero attached hydrogens (tertiary/aromatic N) is 1. The Labute approximate surface area is 151 Å². The van der Waals surface area contributed by atoms with Crippen molar-refractivity contribution in [2.75, 3.05) is 26.3 Å². The second kappa shape index (κ2) is 5.63. The number of carbonyl (C=O) groups excluding carboxylic acids is 2. The summed E-state index contributed by atoms with van der Waals surface area (Å²) < 4.78 is 16.2. The molecule has 4 heterocycles. The normalized spacial score (nSPS) is 46.5. The molecule has 4 aliphatic rings. The van der Waals surface area contributed by atoms with Crippen LogP contribution in [0.1, 0.15) is 26.7 Å². The van der Waals surface area contributed by atoms with Crippen molar-refractivity contribution in [1.82, 2.24) is 0 Å². The molecule has 0 saturated carbocycles. The molecule has 8 nitrogen and oxygen atoms in total. The van der Waals surface area contributed by atoms with Crippen LogP contribution in [0, 0.1) is 5.21 Å². The summed E-state index contributed by atoms with van der Waals surface area (Å²) in [6.07, 6.45) is 3.35. The molecule has 1 N–H and O–H groups in total. The van der Waals surface area contributed by atoms with Crippen molar-refractivity contribution in [1.29, 1.82) is 0 Å². The summed E-state index contributed by atoms with van der Waals surface area (Å²) in [5, 5.41) is 22.7. The number of fused-ring (bicyclic) bond motifs is 1. The van der Waals surface area contributed by atoms with Crippen LogP contribution < -0.4 is 0 Å². The minimum absolute atomic E-state index is 0.0310. The maximum absolute atomic E-state index is 12.9. The molecule has 0 spiro atoms. The molecule has 3 fully saturated rings. The van der Waals surface area contributed by atoms with Crippen LogP contribution >= 0.6 is 0 Å². The SMILES string of the molecule is C/C=C1/C[C@@]2(CO)O[C@@]2(C)C(=O)OCC2=CC[N+]3([O-])CC[C@@H](OC1=O)[C@@H]23. The van der Waals surface area contributed by atoms with Crippen LogP contribution in [0.15, 0.2) is 23.3 Å². The van der Waals surface area contributed by atoms with Gasteiger partial charge < -0.3 is 29.2 Å². The van der Waals surface area contributed by atoms with E-state index in [0.29, 0.717) is 24.1 Å². The highest BCUT2D eigenvalue weighted by Crippen LogP contribution is 2.53. The number of ether oxygens (including phenoxy) is 3. The smallest absolute Gasteiger partial charge is 0.341 e.